The Kier molecular flexibility index (Phi) is 4.04. The number of pyridine rings is 1. The molecule has 116 valence electrons. The summed E-state index contributed by atoms with van der Waals surface area (Å²) in [5, 5.41) is 10.4. The smallest absolute Gasteiger partial charge is 0.449 e. The molecule has 1 aromatic heterocycles. The zero-order chi connectivity index (χ0) is 15.7. The number of carboxylic acid groups (broad SMARTS) is 1. The van der Waals surface area contributed by atoms with Crippen LogP contribution in [0.5, 0.6) is 5.88 Å². The third-order valence-electron chi connectivity index (χ3n) is 3.59. The highest BCUT2D eigenvalue weighted by molar-refractivity contribution is 6.31. The molecular weight excluding hydrogens is 308 g/mol. The standard InChI is InChI=1S/C15H15ClN2O4/c1-9-8-21-5-4-18(9)13-6-10-2-3-11(16)7-12(10)17-14(13)22-15(19)20/h2-3,6-7,9H,4-5,8H2,1H3,(H,19,20). The first-order valence-corrected chi connectivity index (χ1v) is 7.28. The summed E-state index contributed by atoms with van der Waals surface area (Å²) in [6, 6.07) is 7.28. The summed E-state index contributed by atoms with van der Waals surface area (Å²) in [5.74, 6) is 0.0658. The molecule has 6 nitrogen and oxygen atoms in total. The molecule has 1 saturated heterocycles. The zero-order valence-corrected chi connectivity index (χ0v) is 12.7. The van der Waals surface area contributed by atoms with Crippen LogP contribution in [0, 0.1) is 0 Å². The van der Waals surface area contributed by atoms with Gasteiger partial charge in [-0.25, -0.2) is 9.78 Å². The predicted octanol–water partition coefficient (Wildman–Crippen LogP) is 3.17. The van der Waals surface area contributed by atoms with Crippen LogP contribution in [0.4, 0.5) is 10.5 Å². The molecule has 1 unspecified atom stereocenters. The van der Waals surface area contributed by atoms with Gasteiger partial charge in [0.25, 0.3) is 5.88 Å². The number of benzene rings is 1. The largest absolute Gasteiger partial charge is 0.512 e. The molecule has 3 rings (SSSR count). The van der Waals surface area contributed by atoms with Gasteiger partial charge in [0, 0.05) is 23.0 Å². The highest BCUT2D eigenvalue weighted by atomic mass is 35.5. The number of halogens is 1. The SMILES string of the molecule is CC1COCCN1c1cc2ccc(Cl)cc2nc1OC(=O)O. The normalized spacial score (nSPS) is 18.5. The van der Waals surface area contributed by atoms with Gasteiger partial charge in [-0.15, -0.1) is 0 Å². The van der Waals surface area contributed by atoms with E-state index in [2.05, 4.69) is 4.98 Å². The van der Waals surface area contributed by atoms with Crippen molar-refractivity contribution < 1.29 is 19.4 Å². The van der Waals surface area contributed by atoms with Gasteiger partial charge in [-0.1, -0.05) is 17.7 Å². The zero-order valence-electron chi connectivity index (χ0n) is 12.0. The van der Waals surface area contributed by atoms with Gasteiger partial charge in [0.15, 0.2) is 0 Å². The molecule has 1 N–H and O–H groups in total. The van der Waals surface area contributed by atoms with Crippen molar-refractivity contribution in [3.63, 3.8) is 0 Å². The summed E-state index contributed by atoms with van der Waals surface area (Å²) in [6.07, 6.45) is -1.39. The van der Waals surface area contributed by atoms with Crippen molar-refractivity contribution in [2.45, 2.75) is 13.0 Å². The Balaban J connectivity index is 2.12. The number of fused-ring (bicyclic) bond motifs is 1. The lowest BCUT2D eigenvalue weighted by atomic mass is 10.1. The number of ether oxygens (including phenoxy) is 2. The van der Waals surface area contributed by atoms with Gasteiger partial charge in [-0.2, -0.15) is 0 Å². The fourth-order valence-corrected chi connectivity index (χ4v) is 2.73. The van der Waals surface area contributed by atoms with E-state index in [0.29, 0.717) is 36.0 Å². The first-order valence-electron chi connectivity index (χ1n) is 6.90. The molecule has 1 fully saturated rings. The fourth-order valence-electron chi connectivity index (χ4n) is 2.56. The second-order valence-corrected chi connectivity index (χ2v) is 5.57. The van der Waals surface area contributed by atoms with Crippen LogP contribution in [0.25, 0.3) is 10.9 Å². The van der Waals surface area contributed by atoms with Gasteiger partial charge in [-0.05, 0) is 25.1 Å². The quantitative estimate of drug-likeness (QED) is 0.856. The molecule has 1 aliphatic rings. The van der Waals surface area contributed by atoms with E-state index in [1.165, 1.54) is 0 Å². The molecule has 1 aliphatic heterocycles. The minimum absolute atomic E-state index is 0.0658. The van der Waals surface area contributed by atoms with Gasteiger partial charge >= 0.3 is 6.16 Å². The maximum absolute atomic E-state index is 11.0. The van der Waals surface area contributed by atoms with Gasteiger partial charge < -0.3 is 19.5 Å². The predicted molar refractivity (Wildman–Crippen MR) is 83.0 cm³/mol. The van der Waals surface area contributed by atoms with Crippen LogP contribution in [0.3, 0.4) is 0 Å². The van der Waals surface area contributed by atoms with Crippen LogP contribution in [0.1, 0.15) is 6.92 Å². The Bertz CT molecular complexity index is 722. The summed E-state index contributed by atoms with van der Waals surface area (Å²) in [7, 11) is 0. The van der Waals surface area contributed by atoms with Crippen molar-refractivity contribution in [3.05, 3.63) is 29.3 Å². The van der Waals surface area contributed by atoms with Crippen molar-refractivity contribution in [2.24, 2.45) is 0 Å². The Hall–Kier alpha value is -2.05. The van der Waals surface area contributed by atoms with Crippen LogP contribution in [0.2, 0.25) is 5.02 Å². The van der Waals surface area contributed by atoms with Crippen LogP contribution in [0.15, 0.2) is 24.3 Å². The Morgan fingerprint density at radius 3 is 3.05 bits per heavy atom. The molecule has 7 heteroatoms. The molecular formula is C15H15ClN2O4. The average Bonchev–Trinajstić information content (AvgIpc) is 2.47. The second kappa shape index (κ2) is 5.98. The van der Waals surface area contributed by atoms with Gasteiger partial charge in [-0.3, -0.25) is 0 Å². The third-order valence-corrected chi connectivity index (χ3v) is 3.82. The molecule has 2 aromatic rings. The van der Waals surface area contributed by atoms with Gasteiger partial charge in [0.1, 0.15) is 5.69 Å². The van der Waals surface area contributed by atoms with Crippen molar-refractivity contribution >= 4 is 34.3 Å². The summed E-state index contributed by atoms with van der Waals surface area (Å²) < 4.78 is 10.3. The van der Waals surface area contributed by atoms with E-state index in [0.717, 1.165) is 5.39 Å². The molecule has 1 aromatic carbocycles. The van der Waals surface area contributed by atoms with Crippen molar-refractivity contribution in [3.8, 4) is 5.88 Å². The minimum atomic E-state index is -1.39. The molecule has 0 radical (unpaired) electrons. The first kappa shape index (κ1) is 14.9. The van der Waals surface area contributed by atoms with E-state index in [1.807, 2.05) is 24.0 Å². The van der Waals surface area contributed by atoms with Crippen molar-refractivity contribution in [2.75, 3.05) is 24.7 Å². The lowest BCUT2D eigenvalue weighted by Gasteiger charge is -2.35. The number of carbonyl (C=O) groups is 1. The van der Waals surface area contributed by atoms with Crippen molar-refractivity contribution in [1.29, 1.82) is 0 Å². The summed E-state index contributed by atoms with van der Waals surface area (Å²) >= 11 is 5.96. The molecule has 1 atom stereocenters. The summed E-state index contributed by atoms with van der Waals surface area (Å²) in [4.78, 5) is 17.3. The summed E-state index contributed by atoms with van der Waals surface area (Å²) in [5.41, 5.74) is 1.24. The monoisotopic (exact) mass is 322 g/mol. The number of anilines is 1. The molecule has 0 amide bonds. The number of rotatable bonds is 2. The molecule has 0 spiro atoms. The number of aromatic nitrogens is 1. The van der Waals surface area contributed by atoms with E-state index < -0.39 is 6.16 Å². The minimum Gasteiger partial charge on any atom is -0.449 e. The fraction of sp³-hybridized carbons (Fsp3) is 0.333. The highest BCUT2D eigenvalue weighted by Gasteiger charge is 2.24. The van der Waals surface area contributed by atoms with E-state index in [9.17, 15) is 4.79 Å². The summed E-state index contributed by atoms with van der Waals surface area (Å²) in [6.45, 7) is 3.81. The number of hydrogen-bond acceptors (Lipinski definition) is 5. The molecule has 0 aliphatic carbocycles. The van der Waals surface area contributed by atoms with Crippen LogP contribution in [-0.2, 0) is 4.74 Å². The molecule has 2 heterocycles. The third kappa shape index (κ3) is 2.93. The topological polar surface area (TPSA) is 71.9 Å². The molecule has 22 heavy (non-hydrogen) atoms. The van der Waals surface area contributed by atoms with Crippen LogP contribution < -0.4 is 9.64 Å². The van der Waals surface area contributed by atoms with E-state index in [4.69, 9.17) is 26.2 Å². The average molecular weight is 323 g/mol. The van der Waals surface area contributed by atoms with E-state index in [-0.39, 0.29) is 11.9 Å². The van der Waals surface area contributed by atoms with Crippen LogP contribution in [-0.4, -0.2) is 42.0 Å². The van der Waals surface area contributed by atoms with E-state index >= 15 is 0 Å². The number of nitrogens with zero attached hydrogens (tertiary/aromatic N) is 2. The lowest BCUT2D eigenvalue weighted by Crippen LogP contribution is -2.44. The maximum atomic E-state index is 11.0. The van der Waals surface area contributed by atoms with Crippen LogP contribution >= 0.6 is 11.6 Å². The number of hydrogen-bond donors (Lipinski definition) is 1. The maximum Gasteiger partial charge on any atom is 0.512 e. The highest BCUT2D eigenvalue weighted by Crippen LogP contribution is 2.33. The Morgan fingerprint density at radius 1 is 1.50 bits per heavy atom. The molecule has 0 bridgehead atoms. The van der Waals surface area contributed by atoms with Gasteiger partial charge in [0.2, 0.25) is 0 Å². The van der Waals surface area contributed by atoms with Gasteiger partial charge in [0.05, 0.1) is 18.7 Å². The van der Waals surface area contributed by atoms with E-state index in [1.54, 1.807) is 12.1 Å². The second-order valence-electron chi connectivity index (χ2n) is 5.13. The lowest BCUT2D eigenvalue weighted by molar-refractivity contribution is 0.0983. The Morgan fingerprint density at radius 2 is 2.32 bits per heavy atom. The molecule has 0 saturated carbocycles. The Labute approximate surface area is 132 Å². The number of morpholine rings is 1. The first-order chi connectivity index (χ1) is 10.5. The van der Waals surface area contributed by atoms with Crippen molar-refractivity contribution in [1.82, 2.24) is 4.98 Å².